The van der Waals surface area contributed by atoms with Crippen molar-refractivity contribution < 1.29 is 44.6 Å². The molecule has 0 spiro atoms. The van der Waals surface area contributed by atoms with Gasteiger partial charge in [0.2, 0.25) is 12.5 Å². The van der Waals surface area contributed by atoms with Gasteiger partial charge in [0, 0.05) is 11.5 Å². The number of hydrogen-bond donors (Lipinski definition) is 6. The Labute approximate surface area is 171 Å². The molecule has 30 heavy (non-hydrogen) atoms. The Balaban J connectivity index is 1.96. The first-order valence-electron chi connectivity index (χ1n) is 9.48. The highest BCUT2D eigenvalue weighted by Crippen LogP contribution is 2.51. The fraction of sp³-hybridized carbons (Fsp3) is 0.579. The van der Waals surface area contributed by atoms with E-state index in [4.69, 9.17) is 9.47 Å². The van der Waals surface area contributed by atoms with E-state index >= 15 is 0 Å². The molecule has 1 fully saturated rings. The van der Waals surface area contributed by atoms with Crippen molar-refractivity contribution in [1.29, 1.82) is 0 Å². The van der Waals surface area contributed by atoms with E-state index in [1.54, 1.807) is 20.8 Å². The fourth-order valence-electron chi connectivity index (χ4n) is 4.75. The predicted molar refractivity (Wildman–Crippen MR) is 99.7 cm³/mol. The summed E-state index contributed by atoms with van der Waals surface area (Å²) in [7, 11) is 0. The second kappa shape index (κ2) is 6.62. The first-order valence-corrected chi connectivity index (χ1v) is 9.48. The summed E-state index contributed by atoms with van der Waals surface area (Å²) < 4.78 is 10.5. The molecule has 2 aliphatic heterocycles. The molecule has 11 nitrogen and oxygen atoms in total. The zero-order valence-corrected chi connectivity index (χ0v) is 16.6. The molecule has 1 aliphatic carbocycles. The highest BCUT2D eigenvalue weighted by molar-refractivity contribution is 6.01. The molecule has 2 heterocycles. The van der Waals surface area contributed by atoms with E-state index in [0.29, 0.717) is 0 Å². The van der Waals surface area contributed by atoms with Gasteiger partial charge in [0.1, 0.15) is 18.3 Å². The van der Waals surface area contributed by atoms with Gasteiger partial charge < -0.3 is 40.3 Å². The molecule has 1 aromatic carbocycles. The lowest BCUT2D eigenvalue weighted by Gasteiger charge is -2.54. The van der Waals surface area contributed by atoms with Gasteiger partial charge in [-0.05, 0) is 32.4 Å². The maximum atomic E-state index is 12.7. The molecule has 0 saturated heterocycles. The highest BCUT2D eigenvalue weighted by Gasteiger charge is 2.58. The molecular weight excluding hydrogens is 400 g/mol. The normalized spacial score (nSPS) is 32.1. The Morgan fingerprint density at radius 3 is 2.43 bits per heavy atom. The van der Waals surface area contributed by atoms with Crippen LogP contribution in [0.3, 0.4) is 0 Å². The molecule has 3 aliphatic rings. The monoisotopic (exact) mass is 424 g/mol. The van der Waals surface area contributed by atoms with E-state index in [1.165, 1.54) is 6.07 Å². The standard InChI is InChI=1S/C19H24N2O9/c1-19(2,3)21(18(27)28)11-8-6-4-7-16(30-5-29-7)12(22)9(6)17(26)20-10(8)13(23)15(25)14(11)24/h4,8,10-11,13-15,22-25H,5H2,1-3H3,(H,20,26)(H,27,28)/t8-,10-,11-,13+,14+,15+/m1/s1. The number of nitrogens with zero attached hydrogens (tertiary/aromatic N) is 1. The number of phenols is 1. The van der Waals surface area contributed by atoms with Gasteiger partial charge in [-0.3, -0.25) is 9.69 Å². The lowest BCUT2D eigenvalue weighted by atomic mass is 9.67. The number of ether oxygens (including phenoxy) is 2. The van der Waals surface area contributed by atoms with Crippen LogP contribution in [0.2, 0.25) is 0 Å². The minimum atomic E-state index is -1.70. The number of hydrogen-bond acceptors (Lipinski definition) is 8. The smallest absolute Gasteiger partial charge is 0.408 e. The van der Waals surface area contributed by atoms with E-state index in [0.717, 1.165) is 4.90 Å². The third-order valence-electron chi connectivity index (χ3n) is 5.95. The van der Waals surface area contributed by atoms with Crippen LogP contribution in [0.4, 0.5) is 4.79 Å². The molecule has 0 bridgehead atoms. The van der Waals surface area contributed by atoms with Gasteiger partial charge in [0.25, 0.3) is 5.91 Å². The van der Waals surface area contributed by atoms with Crippen LogP contribution in [0.25, 0.3) is 0 Å². The zero-order valence-electron chi connectivity index (χ0n) is 16.6. The van der Waals surface area contributed by atoms with E-state index < -0.39 is 59.6 Å². The van der Waals surface area contributed by atoms with Gasteiger partial charge in [-0.15, -0.1) is 0 Å². The highest BCUT2D eigenvalue weighted by atomic mass is 16.7. The summed E-state index contributed by atoms with van der Waals surface area (Å²) in [6, 6.07) is -0.914. The number of phenolic OH excluding ortho intramolecular Hbond substituents is 1. The molecule has 2 amide bonds. The molecule has 0 unspecified atom stereocenters. The molecule has 1 aromatic rings. The maximum absolute atomic E-state index is 12.7. The number of carbonyl (C=O) groups is 2. The number of rotatable bonds is 1. The summed E-state index contributed by atoms with van der Waals surface area (Å²) in [6.45, 7) is 4.71. The lowest BCUT2D eigenvalue weighted by molar-refractivity contribution is -0.145. The second-order valence-electron chi connectivity index (χ2n) is 8.73. The third-order valence-corrected chi connectivity index (χ3v) is 5.95. The topological polar surface area (TPSA) is 169 Å². The van der Waals surface area contributed by atoms with Crippen LogP contribution < -0.4 is 14.8 Å². The van der Waals surface area contributed by atoms with Crippen molar-refractivity contribution in [3.8, 4) is 17.2 Å². The van der Waals surface area contributed by atoms with Crippen molar-refractivity contribution in [3.05, 3.63) is 17.2 Å². The van der Waals surface area contributed by atoms with Crippen LogP contribution in [0.1, 0.15) is 42.6 Å². The summed E-state index contributed by atoms with van der Waals surface area (Å²) >= 11 is 0. The average Bonchev–Trinajstić information content (AvgIpc) is 3.11. The molecule has 6 N–H and O–H groups in total. The number of nitrogens with one attached hydrogen (secondary N) is 1. The largest absolute Gasteiger partial charge is 0.504 e. The van der Waals surface area contributed by atoms with E-state index in [-0.39, 0.29) is 29.4 Å². The van der Waals surface area contributed by atoms with Gasteiger partial charge >= 0.3 is 6.09 Å². The molecular formula is C19H24N2O9. The van der Waals surface area contributed by atoms with Crippen LogP contribution in [0.15, 0.2) is 6.07 Å². The summed E-state index contributed by atoms with van der Waals surface area (Å²) in [5.41, 5.74) is -0.958. The Hall–Kier alpha value is -2.76. The number of aliphatic hydroxyl groups is 3. The summed E-state index contributed by atoms with van der Waals surface area (Å²) in [5, 5.41) is 54.9. The molecule has 6 atom stereocenters. The van der Waals surface area contributed by atoms with Gasteiger partial charge in [-0.2, -0.15) is 0 Å². The number of amides is 2. The predicted octanol–water partition coefficient (Wildman–Crippen LogP) is -0.440. The number of carbonyl (C=O) groups excluding carboxylic acids is 1. The minimum absolute atomic E-state index is 0.0123. The Kier molecular flexibility index (Phi) is 4.53. The third kappa shape index (κ3) is 2.76. The molecule has 11 heteroatoms. The van der Waals surface area contributed by atoms with Crippen molar-refractivity contribution in [2.45, 2.75) is 62.6 Å². The van der Waals surface area contributed by atoms with Gasteiger partial charge in [-0.1, -0.05) is 0 Å². The van der Waals surface area contributed by atoms with Crippen LogP contribution in [0.5, 0.6) is 17.2 Å². The molecule has 164 valence electrons. The van der Waals surface area contributed by atoms with Crippen molar-refractivity contribution in [2.24, 2.45) is 0 Å². The van der Waals surface area contributed by atoms with Gasteiger partial charge in [0.15, 0.2) is 11.5 Å². The van der Waals surface area contributed by atoms with Crippen molar-refractivity contribution in [1.82, 2.24) is 10.2 Å². The second-order valence-corrected chi connectivity index (χ2v) is 8.73. The number of aromatic hydroxyl groups is 1. The molecule has 1 saturated carbocycles. The van der Waals surface area contributed by atoms with Crippen molar-refractivity contribution >= 4 is 12.0 Å². The Morgan fingerprint density at radius 1 is 1.17 bits per heavy atom. The molecule has 4 rings (SSSR count). The summed E-state index contributed by atoms with van der Waals surface area (Å²) in [5.74, 6) is -2.03. The fourth-order valence-corrected chi connectivity index (χ4v) is 4.75. The Morgan fingerprint density at radius 2 is 1.83 bits per heavy atom. The van der Waals surface area contributed by atoms with E-state index in [9.17, 15) is 35.1 Å². The quantitative estimate of drug-likeness (QED) is 0.350. The Bertz CT molecular complexity index is 912. The first kappa shape index (κ1) is 20.5. The summed E-state index contributed by atoms with van der Waals surface area (Å²) in [6.07, 6.45) is -6.28. The SMILES string of the molecule is CC(C)(C)N(C(=O)O)[C@H]1[C@H](O)[C@@H](O)[C@@H](O)[C@@H]2NC(=O)c3c(cc4c(c3O)OCO4)[C@H]21. The number of aliphatic hydroxyl groups excluding tert-OH is 3. The van der Waals surface area contributed by atoms with Crippen LogP contribution in [0, 0.1) is 0 Å². The number of benzene rings is 1. The van der Waals surface area contributed by atoms with Crippen LogP contribution in [-0.4, -0.2) is 85.2 Å². The van der Waals surface area contributed by atoms with E-state index in [1.807, 2.05) is 0 Å². The van der Waals surface area contributed by atoms with Crippen LogP contribution in [-0.2, 0) is 0 Å². The number of fused-ring (bicyclic) bond motifs is 4. The first-order chi connectivity index (χ1) is 13.9. The summed E-state index contributed by atoms with van der Waals surface area (Å²) in [4.78, 5) is 25.9. The zero-order chi connectivity index (χ0) is 22.1. The minimum Gasteiger partial charge on any atom is -0.504 e. The molecule has 0 aromatic heterocycles. The maximum Gasteiger partial charge on any atom is 0.408 e. The van der Waals surface area contributed by atoms with Gasteiger partial charge in [-0.25, -0.2) is 4.79 Å². The average molecular weight is 424 g/mol. The van der Waals surface area contributed by atoms with Crippen LogP contribution >= 0.6 is 0 Å². The number of carboxylic acid groups (broad SMARTS) is 1. The lowest BCUT2D eigenvalue weighted by Crippen LogP contribution is -2.72. The van der Waals surface area contributed by atoms with Crippen molar-refractivity contribution in [3.63, 3.8) is 0 Å². The van der Waals surface area contributed by atoms with E-state index in [2.05, 4.69) is 5.32 Å². The van der Waals surface area contributed by atoms with Crippen molar-refractivity contribution in [2.75, 3.05) is 6.79 Å². The molecule has 0 radical (unpaired) electrons. The van der Waals surface area contributed by atoms with Gasteiger partial charge in [0.05, 0.1) is 17.6 Å².